The van der Waals surface area contributed by atoms with Gasteiger partial charge in [0, 0.05) is 69.6 Å². The zero-order valence-electron chi connectivity index (χ0n) is 27.5. The van der Waals surface area contributed by atoms with Crippen molar-refractivity contribution in [2.24, 2.45) is 0 Å². The first-order valence-corrected chi connectivity index (χ1v) is 21.1. The average Bonchev–Trinajstić information content (AvgIpc) is 3.98. The Balaban J connectivity index is 1.03. The molecular formula is C42H28O8P2-4. The van der Waals surface area contributed by atoms with Crippen LogP contribution in [0.3, 0.4) is 0 Å². The minimum atomic E-state index is -5.56. The Bertz CT molecular complexity index is 2340. The number of fused-ring (bicyclic) bond motifs is 32. The second kappa shape index (κ2) is 9.19. The van der Waals surface area contributed by atoms with E-state index in [0.717, 1.165) is 35.1 Å². The Morgan fingerprint density at radius 1 is 0.385 bits per heavy atom. The zero-order valence-corrected chi connectivity index (χ0v) is 29.3. The second-order valence-corrected chi connectivity index (χ2v) is 18.4. The van der Waals surface area contributed by atoms with Crippen LogP contribution in [-0.2, 0) is 9.13 Å². The molecule has 0 saturated heterocycles. The molecule has 8 aliphatic rings. The van der Waals surface area contributed by atoms with Crippen molar-refractivity contribution in [3.05, 3.63) is 162 Å². The molecule has 5 aromatic carbocycles. The van der Waals surface area contributed by atoms with Crippen molar-refractivity contribution in [3.63, 3.8) is 0 Å². The maximum atomic E-state index is 12.6. The van der Waals surface area contributed by atoms with Gasteiger partial charge < -0.3 is 37.8 Å². The van der Waals surface area contributed by atoms with E-state index in [-0.39, 0.29) is 58.8 Å². The maximum absolute atomic E-state index is 12.6. The van der Waals surface area contributed by atoms with Crippen molar-refractivity contribution in [3.8, 4) is 11.5 Å². The van der Waals surface area contributed by atoms with Gasteiger partial charge in [-0.05, 0) is 92.4 Å². The van der Waals surface area contributed by atoms with Gasteiger partial charge in [-0.15, -0.1) is 0 Å². The highest BCUT2D eigenvalue weighted by Crippen LogP contribution is 2.72. The molecule has 0 saturated carbocycles. The van der Waals surface area contributed by atoms with Crippen molar-refractivity contribution >= 4 is 15.6 Å². The average molecular weight is 723 g/mol. The molecule has 0 spiro atoms. The lowest BCUT2D eigenvalue weighted by molar-refractivity contribution is -0.336. The first-order valence-electron chi connectivity index (χ1n) is 18.2. The third-order valence-corrected chi connectivity index (χ3v) is 15.1. The number of rotatable bonds is 4. The van der Waals surface area contributed by atoms with Crippen LogP contribution >= 0.6 is 15.6 Å². The molecule has 0 aliphatic heterocycles. The molecule has 258 valence electrons. The fourth-order valence-corrected chi connectivity index (χ4v) is 13.7. The highest BCUT2D eigenvalue weighted by molar-refractivity contribution is 7.43. The second-order valence-electron chi connectivity index (χ2n) is 16.2. The van der Waals surface area contributed by atoms with Gasteiger partial charge >= 0.3 is 0 Å². The van der Waals surface area contributed by atoms with Crippen molar-refractivity contribution in [2.75, 3.05) is 0 Å². The zero-order chi connectivity index (χ0) is 34.7. The van der Waals surface area contributed by atoms with Gasteiger partial charge in [-0.1, -0.05) is 72.8 Å². The molecule has 0 fully saturated rings. The minimum absolute atomic E-state index is 0.0216. The fourth-order valence-electron chi connectivity index (χ4n) is 12.9. The third kappa shape index (κ3) is 3.46. The topological polar surface area (TPSA) is 145 Å². The van der Waals surface area contributed by atoms with Crippen LogP contribution < -0.4 is 28.6 Å². The SMILES string of the molecule is O=P([O-])([O-])Oc1c2c(c(OP(=O)([O-])[O-])c3c1C1C[C@H]3c3cc4c(cc31)C1C[C@H]4c3ccccc31)[C@@H]1CC2c2cc3c(cc21)C1CC3c2ccccc21. The molecule has 52 heavy (non-hydrogen) atoms. The quantitative estimate of drug-likeness (QED) is 0.205. The highest BCUT2D eigenvalue weighted by atomic mass is 31.2. The molecule has 0 N–H and O–H groups in total. The molecule has 0 heterocycles. The van der Waals surface area contributed by atoms with Crippen molar-refractivity contribution in [1.29, 1.82) is 0 Å². The molecule has 0 radical (unpaired) electrons. The Morgan fingerprint density at radius 2 is 0.615 bits per heavy atom. The van der Waals surface area contributed by atoms with E-state index in [1.54, 1.807) is 0 Å². The van der Waals surface area contributed by atoms with Gasteiger partial charge in [0.25, 0.3) is 0 Å². The molecule has 10 heteroatoms. The number of phosphoric ester groups is 2. The summed E-state index contributed by atoms with van der Waals surface area (Å²) in [7, 11) is -11.1. The molecule has 0 aromatic heterocycles. The normalized spacial score (nSPS) is 29.0. The lowest BCUT2D eigenvalue weighted by Gasteiger charge is -2.39. The lowest BCUT2D eigenvalue weighted by atomic mass is 9.74. The van der Waals surface area contributed by atoms with E-state index in [4.69, 9.17) is 9.05 Å². The van der Waals surface area contributed by atoms with Gasteiger partial charge in [0.1, 0.15) is 27.1 Å². The van der Waals surface area contributed by atoms with E-state index >= 15 is 0 Å². The molecule has 5 aromatic rings. The van der Waals surface area contributed by atoms with Gasteiger partial charge in [-0.2, -0.15) is 0 Å². The summed E-state index contributed by atoms with van der Waals surface area (Å²) >= 11 is 0. The summed E-state index contributed by atoms with van der Waals surface area (Å²) < 4.78 is 36.3. The smallest absolute Gasteiger partial charge is 0.132 e. The summed E-state index contributed by atoms with van der Waals surface area (Å²) in [6, 6.07) is 26.2. The van der Waals surface area contributed by atoms with Gasteiger partial charge in [-0.25, -0.2) is 0 Å². The van der Waals surface area contributed by atoms with Gasteiger partial charge in [-0.3, -0.25) is 0 Å². The van der Waals surface area contributed by atoms with E-state index in [1.807, 2.05) is 0 Å². The van der Waals surface area contributed by atoms with Crippen molar-refractivity contribution in [1.82, 2.24) is 0 Å². The monoisotopic (exact) mass is 722 g/mol. The molecule has 8 atom stereocenters. The summed E-state index contributed by atoms with van der Waals surface area (Å²) in [5, 5.41) is 0. The third-order valence-electron chi connectivity index (χ3n) is 14.3. The van der Waals surface area contributed by atoms with E-state index in [2.05, 4.69) is 72.8 Å². The first kappa shape index (κ1) is 29.5. The molecule has 8 aliphatic carbocycles. The highest BCUT2D eigenvalue weighted by Gasteiger charge is 2.55. The van der Waals surface area contributed by atoms with Crippen LogP contribution in [0.25, 0.3) is 0 Å². The van der Waals surface area contributed by atoms with Crippen LogP contribution in [0.15, 0.2) is 72.8 Å². The maximum Gasteiger partial charge on any atom is 0.132 e. The summed E-state index contributed by atoms with van der Waals surface area (Å²) in [5.41, 5.74) is 16.6. The van der Waals surface area contributed by atoms with E-state index in [1.165, 1.54) is 44.5 Å². The van der Waals surface area contributed by atoms with Crippen LogP contribution in [0, 0.1) is 0 Å². The standard InChI is InChI=1S/C42H32O8P2/c43-51(44,45)49-41-37-33-15-34(30-12-26-22-9-21(25(26)11-29(30)33)17-5-1-2-6-18(17)22)38(37)42(50-52(46,47)48)40-36-16-35(39(40)41)31-13-27-23-10-24(28(27)14-32(31)36)20-8-4-3-7-19(20)23/h1-8,11-14,21-24,33-36H,9-10,15-16H2,(H2,43,44,45)(H2,46,47,48)/p-4/t21-,22?,23?,24?,33-,34?,35+,36?/m0/s1. The molecule has 13 rings (SSSR count). The predicted octanol–water partition coefficient (Wildman–Crippen LogP) is 6.03. The van der Waals surface area contributed by atoms with Gasteiger partial charge in [0.15, 0.2) is 0 Å². The predicted molar refractivity (Wildman–Crippen MR) is 182 cm³/mol. The van der Waals surface area contributed by atoms with Gasteiger partial charge in [0.2, 0.25) is 0 Å². The Hall–Kier alpha value is -4.00. The number of benzene rings is 5. The minimum Gasteiger partial charge on any atom is -0.780 e. The summed E-state index contributed by atoms with van der Waals surface area (Å²) in [6.07, 6.45) is 3.10. The largest absolute Gasteiger partial charge is 0.780 e. The summed E-state index contributed by atoms with van der Waals surface area (Å²) in [6.45, 7) is 0. The first-order chi connectivity index (χ1) is 25.0. The number of phosphoric acid groups is 2. The molecule has 0 amide bonds. The van der Waals surface area contributed by atoms with Crippen LogP contribution in [-0.4, -0.2) is 0 Å². The van der Waals surface area contributed by atoms with Crippen molar-refractivity contribution in [2.45, 2.75) is 73.0 Å². The van der Waals surface area contributed by atoms with Crippen molar-refractivity contribution < 1.29 is 37.8 Å². The van der Waals surface area contributed by atoms with Crippen LogP contribution in [0.2, 0.25) is 0 Å². The molecule has 8 bridgehead atoms. The van der Waals surface area contributed by atoms with E-state index in [9.17, 15) is 28.7 Å². The molecule has 8 nitrogen and oxygen atoms in total. The number of hydrogen-bond donors (Lipinski definition) is 0. The molecule has 5 unspecified atom stereocenters. The Morgan fingerprint density at radius 3 is 0.865 bits per heavy atom. The van der Waals surface area contributed by atoms with Crippen LogP contribution in [0.4, 0.5) is 0 Å². The Kier molecular flexibility index (Phi) is 5.21. The summed E-state index contributed by atoms with van der Waals surface area (Å²) in [4.78, 5) is 50.4. The van der Waals surface area contributed by atoms with Crippen LogP contribution in [0.5, 0.6) is 11.5 Å². The van der Waals surface area contributed by atoms with Crippen LogP contribution in [0.1, 0.15) is 162 Å². The van der Waals surface area contributed by atoms with E-state index < -0.39 is 15.6 Å². The number of hydrogen-bond acceptors (Lipinski definition) is 8. The van der Waals surface area contributed by atoms with E-state index in [0.29, 0.717) is 35.1 Å². The lowest BCUT2D eigenvalue weighted by Crippen LogP contribution is -2.24. The Labute approximate surface area is 298 Å². The van der Waals surface area contributed by atoms with Gasteiger partial charge in [0.05, 0.1) is 0 Å². The fraction of sp³-hybridized carbons (Fsp3) is 0.286. The summed E-state index contributed by atoms with van der Waals surface area (Å²) in [5.74, 6) is -0.203. The molecular weight excluding hydrogens is 694 g/mol.